The number of likely N-dealkylation sites (N-methyl/N-ethyl adjacent to an activating group) is 1. The van der Waals surface area contributed by atoms with E-state index in [4.69, 9.17) is 0 Å². The molecule has 124 valence electrons. The monoisotopic (exact) mass is 328 g/mol. The lowest BCUT2D eigenvalue weighted by molar-refractivity contribution is -0.114. The first-order chi connectivity index (χ1) is 10.00. The molecule has 0 aliphatic rings. The molecule has 0 aliphatic heterocycles. The molecular formula is C15H24N2O4S. The number of aliphatic hydroxyl groups excluding tert-OH is 1. The summed E-state index contributed by atoms with van der Waals surface area (Å²) in [6.45, 7) is 6.75. The third kappa shape index (κ3) is 4.28. The normalized spacial score (nSPS) is 14.0. The summed E-state index contributed by atoms with van der Waals surface area (Å²) in [7, 11) is -2.26. The Morgan fingerprint density at radius 3 is 2.14 bits per heavy atom. The highest BCUT2D eigenvalue weighted by atomic mass is 32.2. The summed E-state index contributed by atoms with van der Waals surface area (Å²) < 4.78 is 26.5. The smallest absolute Gasteiger partial charge is 0.243 e. The number of aliphatic hydroxyl groups is 1. The molecule has 0 saturated heterocycles. The molecular weight excluding hydrogens is 304 g/mol. The number of rotatable bonds is 5. The van der Waals surface area contributed by atoms with E-state index in [0.717, 1.165) is 0 Å². The van der Waals surface area contributed by atoms with Gasteiger partial charge in [0.15, 0.2) is 0 Å². The third-order valence-corrected chi connectivity index (χ3v) is 5.34. The average molecular weight is 328 g/mol. The number of carbonyl (C=O) groups excluding carboxylic acids is 1. The Bertz CT molecular complexity index is 618. The predicted octanol–water partition coefficient (Wildman–Crippen LogP) is 1.67. The Balaban J connectivity index is 3.10. The molecule has 0 aromatic heterocycles. The average Bonchev–Trinajstić information content (AvgIpc) is 2.37. The van der Waals surface area contributed by atoms with Gasteiger partial charge in [-0.25, -0.2) is 8.42 Å². The van der Waals surface area contributed by atoms with Gasteiger partial charge in [-0.05, 0) is 29.7 Å². The fourth-order valence-electron chi connectivity index (χ4n) is 2.18. The van der Waals surface area contributed by atoms with Crippen LogP contribution in [0.25, 0.3) is 0 Å². The highest BCUT2D eigenvalue weighted by Gasteiger charge is 2.35. The highest BCUT2D eigenvalue weighted by Crippen LogP contribution is 2.28. The van der Waals surface area contributed by atoms with Crippen molar-refractivity contribution in [1.82, 2.24) is 4.31 Å². The number of amides is 1. The molecule has 1 aromatic rings. The van der Waals surface area contributed by atoms with E-state index >= 15 is 0 Å². The van der Waals surface area contributed by atoms with Crippen molar-refractivity contribution in [2.45, 2.75) is 38.6 Å². The Labute approximate surface area is 132 Å². The zero-order valence-corrected chi connectivity index (χ0v) is 14.4. The van der Waals surface area contributed by atoms with Gasteiger partial charge >= 0.3 is 0 Å². The van der Waals surface area contributed by atoms with Gasteiger partial charge in [-0.15, -0.1) is 0 Å². The van der Waals surface area contributed by atoms with Crippen molar-refractivity contribution < 1.29 is 18.3 Å². The number of carbonyl (C=O) groups is 1. The van der Waals surface area contributed by atoms with Crippen molar-refractivity contribution in [1.29, 1.82) is 0 Å². The Kier molecular flexibility index (Phi) is 5.72. The zero-order chi connectivity index (χ0) is 17.1. The van der Waals surface area contributed by atoms with Crippen molar-refractivity contribution in [3.63, 3.8) is 0 Å². The van der Waals surface area contributed by atoms with Gasteiger partial charge in [0.1, 0.15) is 0 Å². The largest absolute Gasteiger partial charge is 0.395 e. The minimum Gasteiger partial charge on any atom is -0.395 e. The topological polar surface area (TPSA) is 86.7 Å². The molecule has 0 unspecified atom stereocenters. The highest BCUT2D eigenvalue weighted by molar-refractivity contribution is 7.89. The summed E-state index contributed by atoms with van der Waals surface area (Å²) in [4.78, 5) is 11.1. The first kappa shape index (κ1) is 18.6. The molecule has 0 radical (unpaired) electrons. The second-order valence-corrected chi connectivity index (χ2v) is 8.29. The molecule has 1 aromatic carbocycles. The number of hydrogen-bond donors (Lipinski definition) is 2. The van der Waals surface area contributed by atoms with Gasteiger partial charge < -0.3 is 10.4 Å². The van der Waals surface area contributed by atoms with Gasteiger partial charge in [0.2, 0.25) is 15.9 Å². The lowest BCUT2D eigenvalue weighted by atomic mass is 9.87. The lowest BCUT2D eigenvalue weighted by Gasteiger charge is -2.35. The molecule has 0 saturated carbocycles. The SMILES string of the molecule is CC(=O)Nc1ccc(S(=O)(=O)N(C)[C@H](CO)C(C)(C)C)cc1. The summed E-state index contributed by atoms with van der Waals surface area (Å²) in [5, 5.41) is 12.1. The molecule has 0 heterocycles. The fraction of sp³-hybridized carbons (Fsp3) is 0.533. The van der Waals surface area contributed by atoms with Gasteiger partial charge in [-0.3, -0.25) is 4.79 Å². The van der Waals surface area contributed by atoms with E-state index in [2.05, 4.69) is 5.32 Å². The van der Waals surface area contributed by atoms with E-state index < -0.39 is 21.5 Å². The van der Waals surface area contributed by atoms with E-state index in [1.54, 1.807) is 0 Å². The summed E-state index contributed by atoms with van der Waals surface area (Å²) in [5.74, 6) is -0.221. The second kappa shape index (κ2) is 6.76. The summed E-state index contributed by atoms with van der Waals surface area (Å²) in [6.07, 6.45) is 0. The quantitative estimate of drug-likeness (QED) is 0.861. The molecule has 0 aliphatic carbocycles. The van der Waals surface area contributed by atoms with Crippen LogP contribution in [0, 0.1) is 5.41 Å². The van der Waals surface area contributed by atoms with Crippen LogP contribution in [0.15, 0.2) is 29.2 Å². The zero-order valence-electron chi connectivity index (χ0n) is 13.6. The van der Waals surface area contributed by atoms with E-state index in [-0.39, 0.29) is 17.4 Å². The Hall–Kier alpha value is -1.44. The molecule has 22 heavy (non-hydrogen) atoms. The van der Waals surface area contributed by atoms with Crippen LogP contribution in [0.3, 0.4) is 0 Å². The van der Waals surface area contributed by atoms with Gasteiger partial charge in [0.05, 0.1) is 17.5 Å². The van der Waals surface area contributed by atoms with E-state index in [1.807, 2.05) is 20.8 Å². The summed E-state index contributed by atoms with van der Waals surface area (Å²) in [6, 6.07) is 5.41. The van der Waals surface area contributed by atoms with Crippen molar-refractivity contribution in [2.24, 2.45) is 5.41 Å². The maximum atomic E-state index is 12.6. The minimum absolute atomic E-state index is 0.117. The summed E-state index contributed by atoms with van der Waals surface area (Å²) >= 11 is 0. The first-order valence-electron chi connectivity index (χ1n) is 6.96. The van der Waals surface area contributed by atoms with Crippen LogP contribution in [0.4, 0.5) is 5.69 Å². The van der Waals surface area contributed by atoms with Crippen LogP contribution in [0.5, 0.6) is 0 Å². The van der Waals surface area contributed by atoms with Crippen molar-refractivity contribution in [3.8, 4) is 0 Å². The Morgan fingerprint density at radius 1 is 1.27 bits per heavy atom. The van der Waals surface area contributed by atoms with Gasteiger partial charge in [-0.2, -0.15) is 4.31 Å². The van der Waals surface area contributed by atoms with Crippen LogP contribution in [-0.2, 0) is 14.8 Å². The van der Waals surface area contributed by atoms with E-state index in [9.17, 15) is 18.3 Å². The first-order valence-corrected chi connectivity index (χ1v) is 8.40. The van der Waals surface area contributed by atoms with Crippen molar-refractivity contribution in [2.75, 3.05) is 19.0 Å². The van der Waals surface area contributed by atoms with Gasteiger partial charge in [0.25, 0.3) is 0 Å². The lowest BCUT2D eigenvalue weighted by Crippen LogP contribution is -2.47. The molecule has 7 heteroatoms. The van der Waals surface area contributed by atoms with Crippen LogP contribution in [0.1, 0.15) is 27.7 Å². The van der Waals surface area contributed by atoms with E-state index in [1.165, 1.54) is 42.5 Å². The van der Waals surface area contributed by atoms with Crippen LogP contribution in [0.2, 0.25) is 0 Å². The molecule has 0 fully saturated rings. The Morgan fingerprint density at radius 2 is 1.77 bits per heavy atom. The second-order valence-electron chi connectivity index (χ2n) is 6.29. The van der Waals surface area contributed by atoms with Gasteiger partial charge in [0, 0.05) is 19.7 Å². The number of nitrogens with zero attached hydrogens (tertiary/aromatic N) is 1. The standard InChI is InChI=1S/C15H24N2O4S/c1-11(19)16-12-6-8-13(9-7-12)22(20,21)17(5)14(10-18)15(2,3)4/h6-9,14,18H,10H2,1-5H3,(H,16,19)/t14-/m1/s1. The number of sulfonamides is 1. The molecule has 1 amide bonds. The van der Waals surface area contributed by atoms with Crippen molar-refractivity contribution >= 4 is 21.6 Å². The number of anilines is 1. The fourth-order valence-corrected chi connectivity index (χ4v) is 3.71. The van der Waals surface area contributed by atoms with Crippen molar-refractivity contribution in [3.05, 3.63) is 24.3 Å². The third-order valence-electron chi connectivity index (χ3n) is 3.46. The summed E-state index contributed by atoms with van der Waals surface area (Å²) in [5.41, 5.74) is 0.135. The molecule has 1 rings (SSSR count). The van der Waals surface area contributed by atoms with Crippen LogP contribution < -0.4 is 5.32 Å². The van der Waals surface area contributed by atoms with Crippen LogP contribution in [-0.4, -0.2) is 43.4 Å². The molecule has 2 N–H and O–H groups in total. The molecule has 1 atom stereocenters. The molecule has 0 bridgehead atoms. The van der Waals surface area contributed by atoms with Gasteiger partial charge in [-0.1, -0.05) is 20.8 Å². The number of benzene rings is 1. The van der Waals surface area contributed by atoms with E-state index in [0.29, 0.717) is 5.69 Å². The minimum atomic E-state index is -3.72. The molecule has 6 nitrogen and oxygen atoms in total. The van der Waals surface area contributed by atoms with Crippen LogP contribution >= 0.6 is 0 Å². The molecule has 0 spiro atoms. The maximum Gasteiger partial charge on any atom is 0.243 e. The maximum absolute atomic E-state index is 12.6. The number of nitrogens with one attached hydrogen (secondary N) is 1. The number of hydrogen-bond acceptors (Lipinski definition) is 4. The predicted molar refractivity (Wildman–Crippen MR) is 86.0 cm³/mol.